The molecule has 0 radical (unpaired) electrons. The van der Waals surface area contributed by atoms with Crippen molar-refractivity contribution in [2.24, 2.45) is 0 Å². The van der Waals surface area contributed by atoms with E-state index >= 15 is 0 Å². The molecular weight excluding hydrogens is 238 g/mol. The SMILES string of the molecule is CCCCCCCCCCCOCCC.CNC=O. The molecule has 0 unspecified atom stereocenters. The van der Waals surface area contributed by atoms with Crippen molar-refractivity contribution in [3.63, 3.8) is 0 Å². The molecule has 0 bridgehead atoms. The third-order valence-corrected chi connectivity index (χ3v) is 2.86. The van der Waals surface area contributed by atoms with Gasteiger partial charge in [-0.3, -0.25) is 4.79 Å². The van der Waals surface area contributed by atoms with Gasteiger partial charge < -0.3 is 10.1 Å². The van der Waals surface area contributed by atoms with Crippen molar-refractivity contribution in [2.75, 3.05) is 20.3 Å². The Kier molecular flexibility index (Phi) is 24.7. The minimum atomic E-state index is 0.625. The van der Waals surface area contributed by atoms with Crippen molar-refractivity contribution in [1.29, 1.82) is 0 Å². The highest BCUT2D eigenvalue weighted by Gasteiger charge is 1.92. The van der Waals surface area contributed by atoms with Crippen LogP contribution in [0.4, 0.5) is 0 Å². The average molecular weight is 273 g/mol. The van der Waals surface area contributed by atoms with Crippen LogP contribution in [0.2, 0.25) is 0 Å². The molecule has 3 nitrogen and oxygen atoms in total. The summed E-state index contributed by atoms with van der Waals surface area (Å²) in [5, 5.41) is 2.25. The van der Waals surface area contributed by atoms with Crippen molar-refractivity contribution in [3.8, 4) is 0 Å². The Bertz CT molecular complexity index is 140. The summed E-state index contributed by atoms with van der Waals surface area (Å²) < 4.78 is 5.44. The van der Waals surface area contributed by atoms with Gasteiger partial charge in [-0.15, -0.1) is 0 Å². The molecule has 0 spiro atoms. The normalized spacial score (nSPS) is 9.63. The summed E-state index contributed by atoms with van der Waals surface area (Å²) in [4.78, 5) is 9.06. The molecule has 0 aliphatic rings. The van der Waals surface area contributed by atoms with E-state index in [4.69, 9.17) is 9.53 Å². The maximum absolute atomic E-state index is 9.06. The fourth-order valence-electron chi connectivity index (χ4n) is 1.76. The summed E-state index contributed by atoms with van der Waals surface area (Å²) in [5.74, 6) is 0. The molecule has 0 rings (SSSR count). The Balaban J connectivity index is 0. The molecule has 3 heteroatoms. The number of carbonyl (C=O) groups is 1. The van der Waals surface area contributed by atoms with Crippen LogP contribution in [-0.4, -0.2) is 26.7 Å². The van der Waals surface area contributed by atoms with Crippen LogP contribution >= 0.6 is 0 Å². The summed E-state index contributed by atoms with van der Waals surface area (Å²) in [6, 6.07) is 0. The van der Waals surface area contributed by atoms with Crippen LogP contribution < -0.4 is 5.32 Å². The molecule has 1 amide bonds. The van der Waals surface area contributed by atoms with Crippen LogP contribution in [0.5, 0.6) is 0 Å². The minimum absolute atomic E-state index is 0.625. The molecule has 0 aromatic rings. The van der Waals surface area contributed by atoms with Gasteiger partial charge in [-0.2, -0.15) is 0 Å². The topological polar surface area (TPSA) is 38.3 Å². The zero-order valence-corrected chi connectivity index (χ0v) is 13.4. The number of unbranched alkanes of at least 4 members (excludes halogenated alkanes) is 8. The summed E-state index contributed by atoms with van der Waals surface area (Å²) in [6.07, 6.45) is 14.3. The van der Waals surface area contributed by atoms with E-state index in [1.54, 1.807) is 7.05 Å². The molecule has 0 fully saturated rings. The standard InChI is InChI=1S/C14H30O.C2H5NO/c1-3-5-6-7-8-9-10-11-12-14-15-13-4-2;1-3-2-4/h3-14H2,1-2H3;2H,1H3,(H,3,4). The number of hydrogen-bond acceptors (Lipinski definition) is 2. The molecule has 0 atom stereocenters. The van der Waals surface area contributed by atoms with Crippen molar-refractivity contribution in [2.45, 2.75) is 78.1 Å². The Labute approximate surface area is 120 Å². The molecule has 116 valence electrons. The molecule has 0 aliphatic heterocycles. The molecule has 0 aromatic heterocycles. The third-order valence-electron chi connectivity index (χ3n) is 2.86. The second-order valence-electron chi connectivity index (χ2n) is 4.85. The van der Waals surface area contributed by atoms with Gasteiger partial charge in [0.25, 0.3) is 0 Å². The van der Waals surface area contributed by atoms with Crippen molar-refractivity contribution in [1.82, 2.24) is 5.32 Å². The molecule has 0 aromatic carbocycles. The highest BCUT2D eigenvalue weighted by atomic mass is 16.5. The lowest BCUT2D eigenvalue weighted by atomic mass is 10.1. The molecule has 1 N–H and O–H groups in total. The highest BCUT2D eigenvalue weighted by molar-refractivity contribution is 5.44. The van der Waals surface area contributed by atoms with Crippen LogP contribution in [0, 0.1) is 0 Å². The number of rotatable bonds is 13. The zero-order chi connectivity index (χ0) is 14.6. The van der Waals surface area contributed by atoms with Gasteiger partial charge in [0.2, 0.25) is 6.41 Å². The lowest BCUT2D eigenvalue weighted by Gasteiger charge is -2.03. The van der Waals surface area contributed by atoms with Crippen LogP contribution in [-0.2, 0) is 9.53 Å². The van der Waals surface area contributed by atoms with E-state index in [1.165, 1.54) is 57.8 Å². The lowest BCUT2D eigenvalue weighted by molar-refractivity contribution is -0.109. The van der Waals surface area contributed by atoms with Crippen molar-refractivity contribution >= 4 is 6.41 Å². The monoisotopic (exact) mass is 273 g/mol. The molecule has 0 heterocycles. The predicted molar refractivity (Wildman–Crippen MR) is 83.5 cm³/mol. The van der Waals surface area contributed by atoms with Gasteiger partial charge in [0, 0.05) is 20.3 Å². The van der Waals surface area contributed by atoms with E-state index in [0.29, 0.717) is 6.41 Å². The van der Waals surface area contributed by atoms with Gasteiger partial charge in [0.1, 0.15) is 0 Å². The van der Waals surface area contributed by atoms with Crippen molar-refractivity contribution in [3.05, 3.63) is 0 Å². The van der Waals surface area contributed by atoms with E-state index in [9.17, 15) is 0 Å². The molecular formula is C16H35NO2. The first-order valence-corrected chi connectivity index (χ1v) is 8.02. The smallest absolute Gasteiger partial charge is 0.206 e. The van der Waals surface area contributed by atoms with Gasteiger partial charge in [-0.05, 0) is 12.8 Å². The van der Waals surface area contributed by atoms with Crippen molar-refractivity contribution < 1.29 is 9.53 Å². The van der Waals surface area contributed by atoms with Gasteiger partial charge in [-0.1, -0.05) is 65.2 Å². The Hall–Kier alpha value is -0.570. The second kappa shape index (κ2) is 22.6. The predicted octanol–water partition coefficient (Wildman–Crippen LogP) is 4.31. The molecule has 0 saturated heterocycles. The first kappa shape index (κ1) is 20.7. The van der Waals surface area contributed by atoms with E-state index in [0.717, 1.165) is 19.6 Å². The first-order valence-electron chi connectivity index (χ1n) is 8.02. The van der Waals surface area contributed by atoms with Gasteiger partial charge in [0.15, 0.2) is 0 Å². The van der Waals surface area contributed by atoms with E-state index < -0.39 is 0 Å². The lowest BCUT2D eigenvalue weighted by Crippen LogP contribution is -1.98. The summed E-state index contributed by atoms with van der Waals surface area (Å²) in [6.45, 7) is 6.35. The number of hydrogen-bond donors (Lipinski definition) is 1. The van der Waals surface area contributed by atoms with Crippen LogP contribution in [0.25, 0.3) is 0 Å². The summed E-state index contributed by atoms with van der Waals surface area (Å²) >= 11 is 0. The Morgan fingerprint density at radius 3 is 1.68 bits per heavy atom. The number of amides is 1. The Morgan fingerprint density at radius 1 is 0.789 bits per heavy atom. The third kappa shape index (κ3) is 26.9. The van der Waals surface area contributed by atoms with E-state index in [-0.39, 0.29) is 0 Å². The van der Waals surface area contributed by atoms with Crippen LogP contribution in [0.1, 0.15) is 78.1 Å². The number of carbonyl (C=O) groups excluding carboxylic acids is 1. The molecule has 0 saturated carbocycles. The fourth-order valence-corrected chi connectivity index (χ4v) is 1.76. The number of ether oxygens (including phenoxy) is 1. The van der Waals surface area contributed by atoms with Crippen LogP contribution in [0.15, 0.2) is 0 Å². The van der Waals surface area contributed by atoms with Crippen LogP contribution in [0.3, 0.4) is 0 Å². The first-order chi connectivity index (χ1) is 9.33. The quantitative estimate of drug-likeness (QED) is 0.401. The fraction of sp³-hybridized carbons (Fsp3) is 0.938. The number of nitrogens with one attached hydrogen (secondary N) is 1. The average Bonchev–Trinajstić information content (AvgIpc) is 2.45. The summed E-state index contributed by atoms with van der Waals surface area (Å²) in [5.41, 5.74) is 0. The van der Waals surface area contributed by atoms with Gasteiger partial charge >= 0.3 is 0 Å². The maximum Gasteiger partial charge on any atom is 0.206 e. The maximum atomic E-state index is 9.06. The van der Waals surface area contributed by atoms with E-state index in [2.05, 4.69) is 19.2 Å². The van der Waals surface area contributed by atoms with E-state index in [1.807, 2.05) is 0 Å². The largest absolute Gasteiger partial charge is 0.381 e. The summed E-state index contributed by atoms with van der Waals surface area (Å²) in [7, 11) is 1.56. The van der Waals surface area contributed by atoms with Gasteiger partial charge in [-0.25, -0.2) is 0 Å². The minimum Gasteiger partial charge on any atom is -0.381 e. The van der Waals surface area contributed by atoms with Gasteiger partial charge in [0.05, 0.1) is 0 Å². The molecule has 19 heavy (non-hydrogen) atoms. The zero-order valence-electron chi connectivity index (χ0n) is 13.4. The molecule has 0 aliphatic carbocycles. The Morgan fingerprint density at radius 2 is 1.26 bits per heavy atom. The highest BCUT2D eigenvalue weighted by Crippen LogP contribution is 2.09. The second-order valence-corrected chi connectivity index (χ2v) is 4.85.